The zero-order valence-electron chi connectivity index (χ0n) is 50.4. The number of para-hydroxylation sites is 5. The molecule has 3 nitrogen and oxygen atoms in total. The van der Waals surface area contributed by atoms with E-state index in [-0.39, 0.29) is 55.0 Å². The summed E-state index contributed by atoms with van der Waals surface area (Å²) in [7, 11) is 0. The second-order valence-corrected chi connectivity index (χ2v) is 13.3. The summed E-state index contributed by atoms with van der Waals surface area (Å²) in [5, 5.41) is -1.76. The molecule has 0 aliphatic rings. The molecule has 3 heterocycles. The van der Waals surface area contributed by atoms with Crippen molar-refractivity contribution in [2.45, 2.75) is 0 Å². The van der Waals surface area contributed by atoms with Crippen molar-refractivity contribution in [1.82, 2.24) is 13.7 Å². The average Bonchev–Trinajstić information content (AvgIpc) is 3.99. The van der Waals surface area contributed by atoms with Crippen LogP contribution >= 0.6 is 0 Å². The van der Waals surface area contributed by atoms with Crippen LogP contribution in [0.15, 0.2) is 212 Å². The predicted octanol–water partition coefficient (Wildman–Crippen LogP) is 14.3. The van der Waals surface area contributed by atoms with Crippen LogP contribution in [0.25, 0.3) is 105 Å². The summed E-state index contributed by atoms with van der Waals surface area (Å²) >= 11 is 0. The van der Waals surface area contributed by atoms with Crippen molar-refractivity contribution in [3.8, 4) is 39.3 Å². The van der Waals surface area contributed by atoms with E-state index in [2.05, 4.69) is 0 Å². The van der Waals surface area contributed by atoms with Gasteiger partial charge in [-0.15, -0.1) is 0 Å². The van der Waals surface area contributed by atoms with Crippen molar-refractivity contribution in [3.05, 3.63) is 212 Å². The smallest absolute Gasteiger partial charge is 0.0782 e. The van der Waals surface area contributed by atoms with E-state index in [1.807, 2.05) is 36.4 Å². The molecule has 57 heavy (non-hydrogen) atoms. The maximum absolute atomic E-state index is 10.1. The van der Waals surface area contributed by atoms with Gasteiger partial charge in [0.1, 0.15) is 0 Å². The summed E-state index contributed by atoms with van der Waals surface area (Å²) in [5.74, 6) is 0. The quantitative estimate of drug-likeness (QED) is 0.167. The molecule has 0 aliphatic carbocycles. The van der Waals surface area contributed by atoms with Gasteiger partial charge in [-0.25, -0.2) is 0 Å². The second-order valence-electron chi connectivity index (χ2n) is 13.3. The van der Waals surface area contributed by atoms with Crippen molar-refractivity contribution in [2.24, 2.45) is 0 Å². The van der Waals surface area contributed by atoms with Crippen LogP contribution in [0.2, 0.25) is 0 Å². The Morgan fingerprint density at radius 3 is 1.63 bits per heavy atom. The van der Waals surface area contributed by atoms with Crippen LogP contribution in [0.4, 0.5) is 0 Å². The maximum Gasteiger partial charge on any atom is 0.0782 e. The van der Waals surface area contributed by atoms with Crippen LogP contribution in [0, 0.1) is 0 Å². The van der Waals surface area contributed by atoms with Gasteiger partial charge in [-0.05, 0) is 88.8 Å². The van der Waals surface area contributed by atoms with Crippen molar-refractivity contribution in [3.63, 3.8) is 0 Å². The van der Waals surface area contributed by atoms with E-state index in [1.165, 1.54) is 9.13 Å². The Morgan fingerprint density at radius 2 is 0.860 bits per heavy atom. The van der Waals surface area contributed by atoms with Gasteiger partial charge < -0.3 is 13.7 Å². The van der Waals surface area contributed by atoms with Crippen LogP contribution < -0.4 is 0 Å². The highest BCUT2D eigenvalue weighted by Gasteiger charge is 2.21. The molecule has 0 saturated heterocycles. The van der Waals surface area contributed by atoms with E-state index in [0.29, 0.717) is 5.56 Å². The number of hydrogen-bond donors (Lipinski definition) is 0. The largest absolute Gasteiger partial charge is 0.309 e. The number of aromatic nitrogens is 3. The number of benzene rings is 9. The number of nitrogens with zero attached hydrogens (tertiary/aromatic N) is 3. The van der Waals surface area contributed by atoms with Gasteiger partial charge in [-0.2, -0.15) is 0 Å². The molecule has 0 atom stereocenters. The number of fused-ring (bicyclic) bond motifs is 9. The minimum absolute atomic E-state index is 0.140. The van der Waals surface area contributed by atoms with E-state index in [1.54, 1.807) is 48.5 Å². The standard InChI is InChI=1S/C54H35N3/c1-3-15-36(16-4-1)37-17-13-20-41(33-37)55-48-25-10-7-21-42(48)45-31-29-39(35-53(45)55)38-30-32-51-47(34-38)44-23-9-12-27-50(44)57(51)52-28-14-24-46-43-22-8-11-26-49(43)56(54(46)52)40-18-5-2-6-19-40/h1-35H/i7D,8D,9D,10D,11D,12D,14D,21D,22D,23D,24D,25D,26D,27D,28D,29D,30D,31D,32D,34D,35D. The lowest BCUT2D eigenvalue weighted by Gasteiger charge is -2.14. The molecule has 12 rings (SSSR count). The minimum atomic E-state index is -0.861. The lowest BCUT2D eigenvalue weighted by atomic mass is 10.0. The Balaban J connectivity index is 1.29. The Hall–Kier alpha value is -7.62. The summed E-state index contributed by atoms with van der Waals surface area (Å²) in [6.07, 6.45) is 0. The van der Waals surface area contributed by atoms with Crippen molar-refractivity contribution in [2.75, 3.05) is 0 Å². The van der Waals surface area contributed by atoms with Crippen LogP contribution in [0.3, 0.4) is 0 Å². The van der Waals surface area contributed by atoms with Crippen LogP contribution in [-0.4, -0.2) is 13.7 Å². The fourth-order valence-electron chi connectivity index (χ4n) is 7.76. The fourth-order valence-corrected chi connectivity index (χ4v) is 7.76. The molecule has 0 radical (unpaired) electrons. The molecule has 0 bridgehead atoms. The van der Waals surface area contributed by atoms with Crippen molar-refractivity contribution in [1.29, 1.82) is 0 Å². The Kier molecular flexibility index (Phi) is 3.81. The van der Waals surface area contributed by atoms with Gasteiger partial charge in [0.15, 0.2) is 0 Å². The topological polar surface area (TPSA) is 14.8 Å². The molecule has 266 valence electrons. The molecule has 0 unspecified atom stereocenters. The van der Waals surface area contributed by atoms with E-state index in [4.69, 9.17) is 11.0 Å². The first kappa shape index (κ1) is 17.5. The monoisotopic (exact) mass is 746 g/mol. The first-order chi connectivity index (χ1) is 37.1. The molecular formula is C54H35N3. The average molecular weight is 747 g/mol. The molecule has 0 amide bonds. The highest BCUT2D eigenvalue weighted by Crippen LogP contribution is 2.41. The molecule has 0 saturated carbocycles. The summed E-state index contributed by atoms with van der Waals surface area (Å²) in [4.78, 5) is 0. The van der Waals surface area contributed by atoms with Gasteiger partial charge in [0.2, 0.25) is 0 Å². The van der Waals surface area contributed by atoms with Gasteiger partial charge in [0.05, 0.1) is 67.6 Å². The highest BCUT2D eigenvalue weighted by atomic mass is 15.1. The molecule has 9 aromatic carbocycles. The van der Waals surface area contributed by atoms with Gasteiger partial charge in [-0.1, -0.05) is 145 Å². The third kappa shape index (κ3) is 4.79. The molecule has 0 N–H and O–H groups in total. The normalized spacial score (nSPS) is 17.0. The lowest BCUT2D eigenvalue weighted by Crippen LogP contribution is -2.00. The van der Waals surface area contributed by atoms with E-state index in [0.717, 1.165) is 10.1 Å². The first-order valence-corrected chi connectivity index (χ1v) is 17.9. The zero-order valence-corrected chi connectivity index (χ0v) is 29.4. The maximum atomic E-state index is 10.1. The Bertz CT molecular complexity index is 4740. The van der Waals surface area contributed by atoms with Crippen LogP contribution in [-0.2, 0) is 0 Å². The third-order valence-corrected chi connectivity index (χ3v) is 10.2. The molecular weight excluding hydrogens is 691 g/mol. The van der Waals surface area contributed by atoms with Crippen molar-refractivity contribution >= 4 is 65.4 Å². The van der Waals surface area contributed by atoms with E-state index >= 15 is 0 Å². The molecule has 3 heteroatoms. The summed E-state index contributed by atoms with van der Waals surface area (Å²) in [6, 6.07) is 9.44. The number of rotatable bonds is 5. The molecule has 3 aromatic heterocycles. The van der Waals surface area contributed by atoms with E-state index in [9.17, 15) is 17.8 Å². The van der Waals surface area contributed by atoms with Gasteiger partial charge >= 0.3 is 0 Å². The van der Waals surface area contributed by atoms with Crippen LogP contribution in [0.1, 0.15) is 28.8 Å². The second kappa shape index (κ2) is 12.5. The summed E-state index contributed by atoms with van der Waals surface area (Å²) < 4.78 is 199. The van der Waals surface area contributed by atoms with Gasteiger partial charge in [0.25, 0.3) is 0 Å². The first-order valence-electron chi connectivity index (χ1n) is 28.4. The van der Waals surface area contributed by atoms with Gasteiger partial charge in [0, 0.05) is 43.7 Å². The van der Waals surface area contributed by atoms with Crippen LogP contribution in [0.5, 0.6) is 0 Å². The Morgan fingerprint density at radius 1 is 0.316 bits per heavy atom. The SMILES string of the molecule is [2H]c1c([2H])c([2H])c2c(c1[2H])c1c([2H])c([2H])c(-c3c([2H])c([2H])c4c(c3[2H])c3c([2H])c([2H])c([2H])c([2H])c3n4-c3c([2H])c([2H])c([2H])c4c5c([2H])c([2H])c([2H])c([2H])c5n(-c5ccccc5)c34)c([2H])c1n2-c1cccc(-c2ccccc2)c1. The lowest BCUT2D eigenvalue weighted by molar-refractivity contribution is 1.13. The highest BCUT2D eigenvalue weighted by molar-refractivity contribution is 6.16. The molecule has 0 fully saturated rings. The van der Waals surface area contributed by atoms with E-state index < -0.39 is 166 Å². The van der Waals surface area contributed by atoms with Gasteiger partial charge in [-0.3, -0.25) is 0 Å². The minimum Gasteiger partial charge on any atom is -0.309 e. The summed E-state index contributed by atoms with van der Waals surface area (Å²) in [6.45, 7) is 0. The predicted molar refractivity (Wildman–Crippen MR) is 240 cm³/mol. The summed E-state index contributed by atoms with van der Waals surface area (Å²) in [5.41, 5.74) is -1.38. The van der Waals surface area contributed by atoms with Crippen molar-refractivity contribution < 1.29 is 28.8 Å². The third-order valence-electron chi connectivity index (χ3n) is 10.2. The zero-order chi connectivity index (χ0) is 55.7. The number of hydrogen-bond acceptors (Lipinski definition) is 0. The fraction of sp³-hybridized carbons (Fsp3) is 0. The Labute approximate surface area is 359 Å². The molecule has 0 aliphatic heterocycles. The molecule has 0 spiro atoms. The molecule has 12 aromatic rings.